The van der Waals surface area contributed by atoms with Gasteiger partial charge < -0.3 is 25.4 Å². The first-order chi connectivity index (χ1) is 16.7. The second kappa shape index (κ2) is 22.3. The Morgan fingerprint density at radius 3 is 1.97 bits per heavy atom. The largest absolute Gasteiger partial charge is 0.378 e. The van der Waals surface area contributed by atoms with Crippen molar-refractivity contribution < 1.29 is 19.1 Å². The minimum absolute atomic E-state index is 0.0563. The van der Waals surface area contributed by atoms with Crippen LogP contribution in [0.3, 0.4) is 0 Å². The molecule has 1 fully saturated rings. The lowest BCUT2D eigenvalue weighted by Crippen LogP contribution is -2.46. The number of nitrogens with two attached hydrogens (primary N) is 1. The fourth-order valence-electron chi connectivity index (χ4n) is 4.54. The van der Waals surface area contributed by atoms with Crippen LogP contribution in [0.1, 0.15) is 110 Å². The van der Waals surface area contributed by atoms with Crippen LogP contribution >= 0.6 is 0 Å². The number of rotatable bonds is 23. The van der Waals surface area contributed by atoms with Crippen LogP contribution in [0.2, 0.25) is 0 Å². The summed E-state index contributed by atoms with van der Waals surface area (Å²) in [5.74, 6) is 0.0771. The zero-order valence-corrected chi connectivity index (χ0v) is 22.0. The van der Waals surface area contributed by atoms with Crippen LogP contribution in [-0.4, -0.2) is 68.8 Å². The van der Waals surface area contributed by atoms with E-state index in [-0.39, 0.29) is 17.9 Å². The summed E-state index contributed by atoms with van der Waals surface area (Å²) in [5, 5.41) is 2.91. The number of nitrogens with zero attached hydrogens (tertiary/aromatic N) is 1. The van der Waals surface area contributed by atoms with E-state index in [0.717, 1.165) is 25.7 Å². The van der Waals surface area contributed by atoms with E-state index in [4.69, 9.17) is 15.2 Å². The molecule has 7 nitrogen and oxygen atoms in total. The van der Waals surface area contributed by atoms with Gasteiger partial charge in [0.15, 0.2) is 0 Å². The van der Waals surface area contributed by atoms with Crippen molar-refractivity contribution in [2.45, 2.75) is 116 Å². The van der Waals surface area contributed by atoms with E-state index < -0.39 is 0 Å². The zero-order valence-electron chi connectivity index (χ0n) is 22.0. The van der Waals surface area contributed by atoms with Gasteiger partial charge in [-0.2, -0.15) is 0 Å². The highest BCUT2D eigenvalue weighted by molar-refractivity contribution is 5.88. The minimum atomic E-state index is -0.317. The van der Waals surface area contributed by atoms with Crippen LogP contribution in [-0.2, 0) is 19.1 Å². The Morgan fingerprint density at radius 1 is 0.824 bits per heavy atom. The molecule has 1 atom stereocenters. The summed E-state index contributed by atoms with van der Waals surface area (Å²) in [6.07, 6.45) is 19.1. The summed E-state index contributed by atoms with van der Waals surface area (Å²) in [5.41, 5.74) is 5.35. The Balaban J connectivity index is 2.01. The van der Waals surface area contributed by atoms with Crippen molar-refractivity contribution in [1.29, 1.82) is 0 Å². The topological polar surface area (TPSA) is 93.9 Å². The summed E-state index contributed by atoms with van der Waals surface area (Å²) in [6, 6.07) is -0.317. The van der Waals surface area contributed by atoms with E-state index in [2.05, 4.69) is 12.2 Å². The fraction of sp³-hybridized carbons (Fsp3) is 0.926. The molecule has 0 aromatic rings. The predicted octanol–water partition coefficient (Wildman–Crippen LogP) is 4.57. The van der Waals surface area contributed by atoms with Crippen LogP contribution in [0.15, 0.2) is 0 Å². The van der Waals surface area contributed by atoms with Crippen molar-refractivity contribution in [1.82, 2.24) is 10.2 Å². The monoisotopic (exact) mass is 483 g/mol. The standard InChI is InChI=1S/C27H53N3O4/c1-2-3-4-5-6-7-8-9-10-11-12-13-14-17-26(31)30-20-15-16-25(30)27(32)29-19-22-34-24-23-33-21-18-28/h25H,2-24,28H2,1H3,(H,29,32). The van der Waals surface area contributed by atoms with Crippen molar-refractivity contribution in [3.05, 3.63) is 0 Å². The molecule has 1 heterocycles. The molecule has 0 aromatic heterocycles. The van der Waals surface area contributed by atoms with E-state index in [0.29, 0.717) is 52.5 Å². The molecule has 0 aromatic carbocycles. The molecule has 1 aliphatic heterocycles. The van der Waals surface area contributed by atoms with Gasteiger partial charge in [-0.25, -0.2) is 0 Å². The average molecular weight is 484 g/mol. The van der Waals surface area contributed by atoms with Crippen molar-refractivity contribution in [3.63, 3.8) is 0 Å². The van der Waals surface area contributed by atoms with Gasteiger partial charge in [0.05, 0.1) is 26.4 Å². The zero-order chi connectivity index (χ0) is 24.7. The summed E-state index contributed by atoms with van der Waals surface area (Å²) < 4.78 is 10.7. The lowest BCUT2D eigenvalue weighted by atomic mass is 10.0. The van der Waals surface area contributed by atoms with E-state index in [1.165, 1.54) is 70.6 Å². The molecule has 0 spiro atoms. The molecule has 34 heavy (non-hydrogen) atoms. The number of hydrogen-bond donors (Lipinski definition) is 2. The Bertz CT molecular complexity index is 504. The lowest BCUT2D eigenvalue weighted by Gasteiger charge is -2.24. The first kappa shape index (κ1) is 30.9. The van der Waals surface area contributed by atoms with Gasteiger partial charge in [0.2, 0.25) is 11.8 Å². The highest BCUT2D eigenvalue weighted by atomic mass is 16.5. The SMILES string of the molecule is CCCCCCCCCCCCCCCC(=O)N1CCCC1C(=O)NCCOCCOCCN. The Hall–Kier alpha value is -1.18. The average Bonchev–Trinajstić information content (AvgIpc) is 3.34. The molecule has 3 N–H and O–H groups in total. The van der Waals surface area contributed by atoms with E-state index >= 15 is 0 Å². The summed E-state index contributed by atoms with van der Waals surface area (Å²) >= 11 is 0. The van der Waals surface area contributed by atoms with Crippen molar-refractivity contribution >= 4 is 11.8 Å². The van der Waals surface area contributed by atoms with Crippen LogP contribution in [0.25, 0.3) is 0 Å². The predicted molar refractivity (Wildman–Crippen MR) is 139 cm³/mol. The molecule has 0 aliphatic carbocycles. The molecule has 0 bridgehead atoms. The quantitative estimate of drug-likeness (QED) is 0.208. The van der Waals surface area contributed by atoms with Gasteiger partial charge >= 0.3 is 0 Å². The number of likely N-dealkylation sites (tertiary alicyclic amines) is 1. The highest BCUT2D eigenvalue weighted by Crippen LogP contribution is 2.20. The number of amides is 2. The molecular formula is C27H53N3O4. The summed E-state index contributed by atoms with van der Waals surface area (Å²) in [4.78, 5) is 27.0. The van der Waals surface area contributed by atoms with Gasteiger partial charge in [-0.15, -0.1) is 0 Å². The van der Waals surface area contributed by atoms with Gasteiger partial charge in [-0.3, -0.25) is 9.59 Å². The lowest BCUT2D eigenvalue weighted by molar-refractivity contribution is -0.138. The first-order valence-electron chi connectivity index (χ1n) is 14.1. The third-order valence-electron chi connectivity index (χ3n) is 6.55. The molecule has 0 radical (unpaired) electrons. The summed E-state index contributed by atoms with van der Waals surface area (Å²) in [7, 11) is 0. The van der Waals surface area contributed by atoms with E-state index in [1.807, 2.05) is 0 Å². The van der Waals surface area contributed by atoms with Gasteiger partial charge in [0.1, 0.15) is 6.04 Å². The maximum Gasteiger partial charge on any atom is 0.242 e. The van der Waals surface area contributed by atoms with E-state index in [1.54, 1.807) is 4.90 Å². The Kier molecular flexibility index (Phi) is 20.2. The fourth-order valence-corrected chi connectivity index (χ4v) is 4.54. The second-order valence-corrected chi connectivity index (χ2v) is 9.54. The molecular weight excluding hydrogens is 430 g/mol. The third-order valence-corrected chi connectivity index (χ3v) is 6.55. The number of nitrogens with one attached hydrogen (secondary N) is 1. The molecule has 0 saturated carbocycles. The molecule has 1 saturated heterocycles. The normalized spacial score (nSPS) is 15.7. The van der Waals surface area contributed by atoms with Crippen LogP contribution < -0.4 is 11.1 Å². The molecule has 7 heteroatoms. The number of hydrogen-bond acceptors (Lipinski definition) is 5. The number of carbonyl (C=O) groups excluding carboxylic acids is 2. The molecule has 1 unspecified atom stereocenters. The molecule has 2 amide bonds. The van der Waals surface area contributed by atoms with Crippen LogP contribution in [0.4, 0.5) is 0 Å². The molecule has 1 rings (SSSR count). The summed E-state index contributed by atoms with van der Waals surface area (Å²) in [6.45, 7) is 5.89. The van der Waals surface area contributed by atoms with E-state index in [9.17, 15) is 9.59 Å². The van der Waals surface area contributed by atoms with Gasteiger partial charge in [0, 0.05) is 26.1 Å². The van der Waals surface area contributed by atoms with Crippen LogP contribution in [0, 0.1) is 0 Å². The highest BCUT2D eigenvalue weighted by Gasteiger charge is 2.33. The third kappa shape index (κ3) is 15.7. The first-order valence-corrected chi connectivity index (χ1v) is 14.1. The smallest absolute Gasteiger partial charge is 0.242 e. The Morgan fingerprint density at radius 2 is 1.38 bits per heavy atom. The van der Waals surface area contributed by atoms with Gasteiger partial charge in [0.25, 0.3) is 0 Å². The maximum atomic E-state index is 12.7. The molecule has 200 valence electrons. The Labute approximate surface area is 208 Å². The van der Waals surface area contributed by atoms with Crippen molar-refractivity contribution in [2.24, 2.45) is 5.73 Å². The maximum absolute atomic E-state index is 12.7. The second-order valence-electron chi connectivity index (χ2n) is 9.54. The van der Waals surface area contributed by atoms with Crippen LogP contribution in [0.5, 0.6) is 0 Å². The number of ether oxygens (including phenoxy) is 2. The number of carbonyl (C=O) groups is 2. The van der Waals surface area contributed by atoms with Gasteiger partial charge in [-0.1, -0.05) is 84.0 Å². The number of unbranched alkanes of at least 4 members (excludes halogenated alkanes) is 12. The minimum Gasteiger partial charge on any atom is -0.378 e. The van der Waals surface area contributed by atoms with Crippen molar-refractivity contribution in [2.75, 3.05) is 46.1 Å². The van der Waals surface area contributed by atoms with Gasteiger partial charge in [-0.05, 0) is 19.3 Å². The molecule has 1 aliphatic rings. The van der Waals surface area contributed by atoms with Crippen molar-refractivity contribution in [3.8, 4) is 0 Å².